The summed E-state index contributed by atoms with van der Waals surface area (Å²) in [7, 11) is 1.57. The SMILES string of the molecule is C=CCOC(=O)C1=C(C)Nc2ncnn2C1c1ccc(OCC)c(OC)c1. The normalized spacial score (nSPS) is 15.6. The van der Waals surface area contributed by atoms with Crippen LogP contribution in [-0.4, -0.2) is 41.1 Å². The van der Waals surface area contributed by atoms with Gasteiger partial charge in [-0.15, -0.1) is 0 Å². The Labute approximate surface area is 157 Å². The monoisotopic (exact) mass is 370 g/mol. The molecule has 0 bridgehead atoms. The highest BCUT2D eigenvalue weighted by atomic mass is 16.5. The van der Waals surface area contributed by atoms with Crippen LogP contribution in [0.1, 0.15) is 25.5 Å². The second-order valence-corrected chi connectivity index (χ2v) is 5.82. The molecule has 3 rings (SSSR count). The van der Waals surface area contributed by atoms with Crippen LogP contribution in [0.5, 0.6) is 11.5 Å². The first-order valence-corrected chi connectivity index (χ1v) is 8.56. The summed E-state index contributed by atoms with van der Waals surface area (Å²) < 4.78 is 18.0. The smallest absolute Gasteiger partial charge is 0.338 e. The Kier molecular flexibility index (Phi) is 5.44. The number of hydrogen-bond donors (Lipinski definition) is 1. The number of benzene rings is 1. The lowest BCUT2D eigenvalue weighted by Gasteiger charge is -2.28. The third-order valence-electron chi connectivity index (χ3n) is 4.15. The maximum Gasteiger partial charge on any atom is 0.338 e. The summed E-state index contributed by atoms with van der Waals surface area (Å²) >= 11 is 0. The van der Waals surface area contributed by atoms with Crippen LogP contribution in [0.3, 0.4) is 0 Å². The molecule has 27 heavy (non-hydrogen) atoms. The highest BCUT2D eigenvalue weighted by molar-refractivity contribution is 5.92. The molecule has 0 saturated heterocycles. The molecule has 2 aromatic rings. The molecule has 1 aromatic heterocycles. The molecule has 1 aliphatic rings. The molecule has 1 atom stereocenters. The van der Waals surface area contributed by atoms with Crippen LogP contribution in [0.2, 0.25) is 0 Å². The number of ether oxygens (including phenoxy) is 3. The van der Waals surface area contributed by atoms with E-state index in [1.54, 1.807) is 11.8 Å². The van der Waals surface area contributed by atoms with E-state index in [1.165, 1.54) is 12.4 Å². The Bertz CT molecular complexity index is 888. The minimum absolute atomic E-state index is 0.124. The van der Waals surface area contributed by atoms with E-state index >= 15 is 0 Å². The van der Waals surface area contributed by atoms with Crippen molar-refractivity contribution in [1.82, 2.24) is 14.8 Å². The van der Waals surface area contributed by atoms with Gasteiger partial charge < -0.3 is 19.5 Å². The summed E-state index contributed by atoms with van der Waals surface area (Å²) in [4.78, 5) is 16.9. The van der Waals surface area contributed by atoms with Crippen molar-refractivity contribution >= 4 is 11.9 Å². The molecule has 0 saturated carbocycles. The second-order valence-electron chi connectivity index (χ2n) is 5.82. The van der Waals surface area contributed by atoms with Crippen LogP contribution < -0.4 is 14.8 Å². The zero-order valence-corrected chi connectivity index (χ0v) is 15.6. The van der Waals surface area contributed by atoms with Gasteiger partial charge in [-0.25, -0.2) is 9.48 Å². The third-order valence-corrected chi connectivity index (χ3v) is 4.15. The van der Waals surface area contributed by atoms with Gasteiger partial charge in [-0.2, -0.15) is 10.1 Å². The number of carbonyl (C=O) groups is 1. The van der Waals surface area contributed by atoms with Crippen molar-refractivity contribution in [1.29, 1.82) is 0 Å². The molecular formula is C19H22N4O4. The first-order chi connectivity index (χ1) is 13.1. The van der Waals surface area contributed by atoms with Crippen LogP contribution in [-0.2, 0) is 9.53 Å². The maximum absolute atomic E-state index is 12.7. The van der Waals surface area contributed by atoms with Crippen LogP contribution >= 0.6 is 0 Å². The van der Waals surface area contributed by atoms with Crippen LogP contribution in [0.4, 0.5) is 5.95 Å². The predicted octanol–water partition coefficient (Wildman–Crippen LogP) is 2.70. The maximum atomic E-state index is 12.7. The first kappa shape index (κ1) is 18.5. The van der Waals surface area contributed by atoms with Crippen LogP contribution in [0.15, 0.2) is 48.5 Å². The predicted molar refractivity (Wildman–Crippen MR) is 99.8 cm³/mol. The van der Waals surface area contributed by atoms with E-state index in [-0.39, 0.29) is 6.61 Å². The number of hydrogen-bond acceptors (Lipinski definition) is 7. The highest BCUT2D eigenvalue weighted by Crippen LogP contribution is 2.38. The Hall–Kier alpha value is -3.29. The average Bonchev–Trinajstić information content (AvgIpc) is 3.13. The van der Waals surface area contributed by atoms with E-state index in [0.717, 1.165) is 5.56 Å². The summed E-state index contributed by atoms with van der Waals surface area (Å²) in [5, 5.41) is 7.38. The van der Waals surface area contributed by atoms with Crippen molar-refractivity contribution in [3.63, 3.8) is 0 Å². The lowest BCUT2D eigenvalue weighted by atomic mass is 9.95. The van der Waals surface area contributed by atoms with Gasteiger partial charge in [0, 0.05) is 5.70 Å². The molecule has 1 unspecified atom stereocenters. The van der Waals surface area contributed by atoms with E-state index in [2.05, 4.69) is 22.0 Å². The van der Waals surface area contributed by atoms with Crippen molar-refractivity contribution in [3.05, 3.63) is 54.0 Å². The van der Waals surface area contributed by atoms with Gasteiger partial charge in [-0.1, -0.05) is 18.7 Å². The minimum atomic E-state index is -0.509. The Morgan fingerprint density at radius 1 is 1.41 bits per heavy atom. The molecule has 0 fully saturated rings. The van der Waals surface area contributed by atoms with Gasteiger partial charge in [-0.3, -0.25) is 0 Å². The van der Waals surface area contributed by atoms with Gasteiger partial charge in [0.2, 0.25) is 5.95 Å². The summed E-state index contributed by atoms with van der Waals surface area (Å²) in [5.41, 5.74) is 1.90. The van der Waals surface area contributed by atoms with Crippen molar-refractivity contribution in [2.24, 2.45) is 0 Å². The molecule has 1 aliphatic heterocycles. The van der Waals surface area contributed by atoms with Gasteiger partial charge in [0.25, 0.3) is 0 Å². The molecule has 0 aliphatic carbocycles. The summed E-state index contributed by atoms with van der Waals surface area (Å²) in [6.07, 6.45) is 2.96. The molecule has 0 amide bonds. The molecule has 2 heterocycles. The number of nitrogens with zero attached hydrogens (tertiary/aromatic N) is 3. The Balaban J connectivity index is 2.09. The van der Waals surface area contributed by atoms with Gasteiger partial charge in [0.1, 0.15) is 19.0 Å². The van der Waals surface area contributed by atoms with Crippen LogP contribution in [0.25, 0.3) is 0 Å². The lowest BCUT2D eigenvalue weighted by molar-refractivity contribution is -0.138. The standard InChI is InChI=1S/C19H22N4O4/c1-5-9-27-18(24)16-12(3)22-19-20-11-21-23(19)17(16)13-7-8-14(26-6-2)15(10-13)25-4/h5,7-8,10-11,17H,1,6,9H2,2-4H3,(H,20,21,22). The van der Waals surface area contributed by atoms with Gasteiger partial charge >= 0.3 is 5.97 Å². The molecule has 142 valence electrons. The number of nitrogens with one attached hydrogen (secondary N) is 1. The van der Waals surface area contributed by atoms with Crippen molar-refractivity contribution in [2.45, 2.75) is 19.9 Å². The molecule has 1 aromatic carbocycles. The van der Waals surface area contributed by atoms with E-state index in [0.29, 0.717) is 35.3 Å². The molecule has 0 radical (unpaired) electrons. The number of fused-ring (bicyclic) bond motifs is 1. The zero-order valence-electron chi connectivity index (χ0n) is 15.6. The molecule has 1 N–H and O–H groups in total. The quantitative estimate of drug-likeness (QED) is 0.592. The number of rotatable bonds is 7. The Morgan fingerprint density at radius 3 is 2.93 bits per heavy atom. The first-order valence-electron chi connectivity index (χ1n) is 8.56. The van der Waals surface area contributed by atoms with E-state index in [9.17, 15) is 4.79 Å². The number of esters is 1. The van der Waals surface area contributed by atoms with E-state index < -0.39 is 12.0 Å². The van der Waals surface area contributed by atoms with Gasteiger partial charge in [-0.05, 0) is 31.5 Å². The fourth-order valence-corrected chi connectivity index (χ4v) is 3.00. The number of allylic oxidation sites excluding steroid dienone is 1. The number of anilines is 1. The second kappa shape index (κ2) is 7.94. The topological polar surface area (TPSA) is 87.5 Å². The molecule has 8 nitrogen and oxygen atoms in total. The molecular weight excluding hydrogens is 348 g/mol. The number of aromatic nitrogens is 3. The lowest BCUT2D eigenvalue weighted by Crippen LogP contribution is -2.29. The fourth-order valence-electron chi connectivity index (χ4n) is 3.00. The molecule has 0 spiro atoms. The highest BCUT2D eigenvalue weighted by Gasteiger charge is 2.34. The van der Waals surface area contributed by atoms with Crippen molar-refractivity contribution < 1.29 is 19.0 Å². The fraction of sp³-hybridized carbons (Fsp3) is 0.316. The van der Waals surface area contributed by atoms with E-state index in [4.69, 9.17) is 14.2 Å². The average molecular weight is 370 g/mol. The summed E-state index contributed by atoms with van der Waals surface area (Å²) in [6.45, 7) is 7.94. The number of carbonyl (C=O) groups excluding carboxylic acids is 1. The zero-order chi connectivity index (χ0) is 19.4. The van der Waals surface area contributed by atoms with Gasteiger partial charge in [0.05, 0.1) is 19.3 Å². The number of methoxy groups -OCH3 is 1. The van der Waals surface area contributed by atoms with E-state index in [1.807, 2.05) is 32.0 Å². The summed E-state index contributed by atoms with van der Waals surface area (Å²) in [6, 6.07) is 5.02. The molecule has 8 heteroatoms. The van der Waals surface area contributed by atoms with Crippen LogP contribution in [0, 0.1) is 0 Å². The minimum Gasteiger partial charge on any atom is -0.493 e. The van der Waals surface area contributed by atoms with Gasteiger partial charge in [0.15, 0.2) is 11.5 Å². The van der Waals surface area contributed by atoms with Crippen molar-refractivity contribution in [2.75, 3.05) is 25.6 Å². The third kappa shape index (κ3) is 3.51. The Morgan fingerprint density at radius 2 is 2.22 bits per heavy atom. The summed E-state index contributed by atoms with van der Waals surface area (Å²) in [5.74, 6) is 1.31. The van der Waals surface area contributed by atoms with Crippen molar-refractivity contribution in [3.8, 4) is 11.5 Å². The largest absolute Gasteiger partial charge is 0.493 e.